The highest BCUT2D eigenvalue weighted by atomic mass is 127. The molecule has 0 saturated carbocycles. The molecule has 2 aromatic rings. The summed E-state index contributed by atoms with van der Waals surface area (Å²) >= 11 is 1.68. The Kier molecular flexibility index (Phi) is 10.9. The van der Waals surface area contributed by atoms with E-state index in [1.165, 1.54) is 4.88 Å². The molecule has 0 aliphatic heterocycles. The van der Waals surface area contributed by atoms with Crippen molar-refractivity contribution < 1.29 is 4.79 Å². The van der Waals surface area contributed by atoms with Crippen LogP contribution in [-0.4, -0.2) is 53.9 Å². The number of hydrogen-bond donors (Lipinski definition) is 2. The highest BCUT2D eigenvalue weighted by Gasteiger charge is 2.10. The van der Waals surface area contributed by atoms with Crippen molar-refractivity contribution in [3.05, 3.63) is 46.2 Å². The molecule has 0 aliphatic rings. The summed E-state index contributed by atoms with van der Waals surface area (Å²) in [5.74, 6) is 0.594. The number of aryl methyl sites for hydroxylation is 1. The molecule has 0 fully saturated rings. The second-order valence-electron chi connectivity index (χ2n) is 5.74. The van der Waals surface area contributed by atoms with Gasteiger partial charge in [-0.2, -0.15) is 0 Å². The minimum atomic E-state index is 0. The molecule has 9 heteroatoms. The van der Waals surface area contributed by atoms with Crippen LogP contribution in [0.5, 0.6) is 0 Å². The molecule has 148 valence electrons. The van der Waals surface area contributed by atoms with Gasteiger partial charge in [-0.1, -0.05) is 13.0 Å². The van der Waals surface area contributed by atoms with E-state index in [1.807, 2.05) is 24.4 Å². The summed E-state index contributed by atoms with van der Waals surface area (Å²) in [6.45, 7) is 3.52. The van der Waals surface area contributed by atoms with Crippen LogP contribution in [0.2, 0.25) is 0 Å². The lowest BCUT2D eigenvalue weighted by Gasteiger charge is -2.18. The molecule has 2 N–H and O–H groups in total. The zero-order chi connectivity index (χ0) is 18.8. The highest BCUT2D eigenvalue weighted by molar-refractivity contribution is 14.0. The standard InChI is InChI=1S/C18H26N6OS.HI/c1-4-15-11-21-16(26-15)12-22-18(19-2)23-13-17(25)24(3)10-8-14-7-5-6-9-20-14;/h5-7,9,11H,4,8,10,12-13H2,1-3H3,(H2,19,22,23);1H. The molecule has 0 saturated heterocycles. The van der Waals surface area contributed by atoms with Crippen LogP contribution in [-0.2, 0) is 24.2 Å². The number of thiazole rings is 1. The van der Waals surface area contributed by atoms with Crippen LogP contribution in [0.4, 0.5) is 0 Å². The van der Waals surface area contributed by atoms with Gasteiger partial charge in [0.05, 0.1) is 13.1 Å². The van der Waals surface area contributed by atoms with Crippen molar-refractivity contribution in [2.24, 2.45) is 4.99 Å². The first kappa shape index (κ1) is 23.3. The summed E-state index contributed by atoms with van der Waals surface area (Å²) < 4.78 is 0. The molecule has 0 aromatic carbocycles. The molecule has 1 amide bonds. The number of amides is 1. The van der Waals surface area contributed by atoms with Gasteiger partial charge in [-0.05, 0) is 18.6 Å². The Morgan fingerprint density at radius 1 is 1.30 bits per heavy atom. The van der Waals surface area contributed by atoms with E-state index in [4.69, 9.17) is 0 Å². The number of nitrogens with zero attached hydrogens (tertiary/aromatic N) is 4. The average Bonchev–Trinajstić information content (AvgIpc) is 3.15. The highest BCUT2D eigenvalue weighted by Crippen LogP contribution is 2.12. The van der Waals surface area contributed by atoms with Gasteiger partial charge in [-0.25, -0.2) is 4.98 Å². The average molecular weight is 502 g/mol. The lowest BCUT2D eigenvalue weighted by Crippen LogP contribution is -2.43. The Morgan fingerprint density at radius 2 is 2.11 bits per heavy atom. The van der Waals surface area contributed by atoms with E-state index >= 15 is 0 Å². The number of nitrogens with one attached hydrogen (secondary N) is 2. The van der Waals surface area contributed by atoms with Crippen LogP contribution < -0.4 is 10.6 Å². The number of aliphatic imine (C=N–C) groups is 1. The molecule has 2 aromatic heterocycles. The topological polar surface area (TPSA) is 82.5 Å². The Balaban J connectivity index is 0.00000364. The molecule has 2 heterocycles. The Bertz CT molecular complexity index is 722. The fourth-order valence-corrected chi connectivity index (χ4v) is 3.02. The van der Waals surface area contributed by atoms with Crippen molar-refractivity contribution in [1.82, 2.24) is 25.5 Å². The van der Waals surface area contributed by atoms with Gasteiger partial charge >= 0.3 is 0 Å². The van der Waals surface area contributed by atoms with E-state index in [2.05, 4.69) is 32.5 Å². The summed E-state index contributed by atoms with van der Waals surface area (Å²) in [5, 5.41) is 7.23. The van der Waals surface area contributed by atoms with Gasteiger partial charge in [0.1, 0.15) is 5.01 Å². The normalized spacial score (nSPS) is 10.9. The van der Waals surface area contributed by atoms with Gasteiger partial charge in [0, 0.05) is 50.0 Å². The molecule has 27 heavy (non-hydrogen) atoms. The van der Waals surface area contributed by atoms with E-state index in [9.17, 15) is 4.79 Å². The lowest BCUT2D eigenvalue weighted by atomic mass is 10.2. The predicted octanol–water partition coefficient (Wildman–Crippen LogP) is 2.08. The summed E-state index contributed by atoms with van der Waals surface area (Å²) in [5.41, 5.74) is 0.979. The third-order valence-corrected chi connectivity index (χ3v) is 4.98. The predicted molar refractivity (Wildman–Crippen MR) is 121 cm³/mol. The summed E-state index contributed by atoms with van der Waals surface area (Å²) in [6.07, 6.45) is 5.39. The number of likely N-dealkylation sites (N-methyl/N-ethyl adjacent to an activating group) is 1. The maximum atomic E-state index is 12.3. The van der Waals surface area contributed by atoms with Gasteiger partial charge in [0.2, 0.25) is 5.91 Å². The maximum absolute atomic E-state index is 12.3. The van der Waals surface area contributed by atoms with Crippen LogP contribution in [0.25, 0.3) is 0 Å². The summed E-state index contributed by atoms with van der Waals surface area (Å²) in [7, 11) is 3.48. The molecule has 7 nitrogen and oxygen atoms in total. The van der Waals surface area contributed by atoms with Crippen molar-refractivity contribution in [3.63, 3.8) is 0 Å². The first-order valence-electron chi connectivity index (χ1n) is 8.64. The number of aromatic nitrogens is 2. The summed E-state index contributed by atoms with van der Waals surface area (Å²) in [6, 6.07) is 5.80. The van der Waals surface area contributed by atoms with Gasteiger partial charge in [0.25, 0.3) is 0 Å². The van der Waals surface area contributed by atoms with Crippen LogP contribution in [0, 0.1) is 0 Å². The molecule has 0 radical (unpaired) electrons. The molecule has 0 bridgehead atoms. The van der Waals surface area contributed by atoms with Crippen LogP contribution in [0.3, 0.4) is 0 Å². The van der Waals surface area contributed by atoms with Crippen molar-refractivity contribution >= 4 is 47.2 Å². The Labute approximate surface area is 181 Å². The fourth-order valence-electron chi connectivity index (χ4n) is 2.22. The van der Waals surface area contributed by atoms with E-state index in [0.29, 0.717) is 19.0 Å². The number of halogens is 1. The zero-order valence-electron chi connectivity index (χ0n) is 15.9. The molecule has 0 aliphatic carbocycles. The largest absolute Gasteiger partial charge is 0.350 e. The quantitative estimate of drug-likeness (QED) is 0.328. The number of carbonyl (C=O) groups excluding carboxylic acids is 1. The Morgan fingerprint density at radius 3 is 2.74 bits per heavy atom. The first-order valence-corrected chi connectivity index (χ1v) is 9.46. The fraction of sp³-hybridized carbons (Fsp3) is 0.444. The van der Waals surface area contributed by atoms with Gasteiger partial charge in [0.15, 0.2) is 5.96 Å². The van der Waals surface area contributed by atoms with Crippen LogP contribution in [0.1, 0.15) is 22.5 Å². The smallest absolute Gasteiger partial charge is 0.241 e. The number of guanidine groups is 1. The van der Waals surface area contributed by atoms with Crippen molar-refractivity contribution in [1.29, 1.82) is 0 Å². The maximum Gasteiger partial charge on any atom is 0.241 e. The van der Waals surface area contributed by atoms with Crippen molar-refractivity contribution in [2.75, 3.05) is 27.2 Å². The van der Waals surface area contributed by atoms with Crippen LogP contribution >= 0.6 is 35.3 Å². The zero-order valence-corrected chi connectivity index (χ0v) is 19.1. The minimum absolute atomic E-state index is 0. The number of hydrogen-bond acceptors (Lipinski definition) is 5. The number of carbonyl (C=O) groups is 1. The van der Waals surface area contributed by atoms with Crippen molar-refractivity contribution in [2.45, 2.75) is 26.3 Å². The SMILES string of the molecule is CCc1cnc(CNC(=NC)NCC(=O)N(C)CCc2ccccn2)s1.I. The molecular weight excluding hydrogens is 475 g/mol. The van der Waals surface area contributed by atoms with E-state index in [0.717, 1.165) is 23.5 Å². The van der Waals surface area contributed by atoms with Gasteiger partial charge < -0.3 is 15.5 Å². The Hall–Kier alpha value is -1.75. The molecule has 2 rings (SSSR count). The van der Waals surface area contributed by atoms with Gasteiger partial charge in [-0.3, -0.25) is 14.8 Å². The van der Waals surface area contributed by atoms with E-state index in [-0.39, 0.29) is 36.4 Å². The molecule has 0 spiro atoms. The lowest BCUT2D eigenvalue weighted by molar-refractivity contribution is -0.128. The molecular formula is C18H27IN6OS. The van der Waals surface area contributed by atoms with Crippen molar-refractivity contribution in [3.8, 4) is 0 Å². The monoisotopic (exact) mass is 502 g/mol. The second-order valence-corrected chi connectivity index (χ2v) is 6.94. The molecule has 0 unspecified atom stereocenters. The van der Waals surface area contributed by atoms with Crippen LogP contribution in [0.15, 0.2) is 35.6 Å². The molecule has 0 atom stereocenters. The summed E-state index contributed by atoms with van der Waals surface area (Å²) in [4.78, 5) is 28.0. The van der Waals surface area contributed by atoms with Gasteiger partial charge in [-0.15, -0.1) is 35.3 Å². The number of rotatable bonds is 8. The second kappa shape index (κ2) is 12.6. The third-order valence-electron chi connectivity index (χ3n) is 3.84. The number of pyridine rings is 1. The van der Waals surface area contributed by atoms with E-state index < -0.39 is 0 Å². The first-order chi connectivity index (χ1) is 12.6. The van der Waals surface area contributed by atoms with E-state index in [1.54, 1.807) is 36.5 Å². The third kappa shape index (κ3) is 8.21. The minimum Gasteiger partial charge on any atom is -0.350 e.